The molecule has 140 valence electrons. The summed E-state index contributed by atoms with van der Waals surface area (Å²) in [4.78, 5) is 37.0. The van der Waals surface area contributed by atoms with Gasteiger partial charge in [0.25, 0.3) is 5.69 Å². The Kier molecular flexibility index (Phi) is 5.97. The number of carbonyl (C=O) groups excluding carboxylic acids is 2. The molecule has 0 fully saturated rings. The molecule has 8 heteroatoms. The van der Waals surface area contributed by atoms with Crippen LogP contribution < -0.4 is 5.32 Å². The fourth-order valence-electron chi connectivity index (χ4n) is 2.88. The number of carbonyl (C=O) groups is 2. The number of urea groups is 1. The number of hydrogen-bond acceptors (Lipinski definition) is 5. The van der Waals surface area contributed by atoms with Crippen LogP contribution in [0.25, 0.3) is 0 Å². The largest absolute Gasteiger partial charge is 0.466 e. The molecule has 1 aromatic rings. The lowest BCUT2D eigenvalue weighted by atomic mass is 9.94. The van der Waals surface area contributed by atoms with E-state index >= 15 is 0 Å². The topological polar surface area (TPSA) is 102 Å². The van der Waals surface area contributed by atoms with Gasteiger partial charge in [-0.3, -0.25) is 15.0 Å². The summed E-state index contributed by atoms with van der Waals surface area (Å²) in [6.45, 7) is 6.26. The quantitative estimate of drug-likeness (QED) is 0.476. The zero-order chi connectivity index (χ0) is 19.4. The zero-order valence-corrected chi connectivity index (χ0v) is 15.3. The van der Waals surface area contributed by atoms with E-state index in [1.807, 2.05) is 13.8 Å². The Hall–Kier alpha value is -2.90. The first-order valence-electron chi connectivity index (χ1n) is 8.37. The van der Waals surface area contributed by atoms with Gasteiger partial charge in [0.1, 0.15) is 0 Å². The molecule has 0 saturated carbocycles. The predicted molar refractivity (Wildman–Crippen MR) is 95.2 cm³/mol. The third-order valence-corrected chi connectivity index (χ3v) is 4.35. The van der Waals surface area contributed by atoms with E-state index in [0.29, 0.717) is 23.7 Å². The van der Waals surface area contributed by atoms with Gasteiger partial charge >= 0.3 is 12.0 Å². The minimum absolute atomic E-state index is 0.110. The smallest absolute Gasteiger partial charge is 0.337 e. The average Bonchev–Trinajstić information content (AvgIpc) is 2.60. The number of amides is 2. The van der Waals surface area contributed by atoms with E-state index in [-0.39, 0.29) is 17.3 Å². The Labute approximate surface area is 152 Å². The molecule has 1 heterocycles. The van der Waals surface area contributed by atoms with E-state index in [0.717, 1.165) is 6.42 Å². The zero-order valence-electron chi connectivity index (χ0n) is 15.3. The van der Waals surface area contributed by atoms with Crippen LogP contribution >= 0.6 is 0 Å². The number of benzene rings is 1. The molecule has 0 unspecified atom stereocenters. The number of allylic oxidation sites excluding steroid dienone is 1. The van der Waals surface area contributed by atoms with E-state index < -0.39 is 16.9 Å². The normalized spacial score (nSPS) is 17.3. The van der Waals surface area contributed by atoms with Gasteiger partial charge < -0.3 is 10.1 Å². The van der Waals surface area contributed by atoms with Crippen molar-refractivity contribution in [3.05, 3.63) is 51.2 Å². The van der Waals surface area contributed by atoms with Crippen molar-refractivity contribution in [2.75, 3.05) is 13.7 Å². The van der Waals surface area contributed by atoms with Gasteiger partial charge in [0.2, 0.25) is 0 Å². The van der Waals surface area contributed by atoms with Gasteiger partial charge in [-0.1, -0.05) is 26.0 Å². The highest BCUT2D eigenvalue weighted by atomic mass is 16.6. The van der Waals surface area contributed by atoms with E-state index in [1.165, 1.54) is 30.2 Å². The Morgan fingerprint density at radius 2 is 2.12 bits per heavy atom. The van der Waals surface area contributed by atoms with Crippen molar-refractivity contribution in [1.82, 2.24) is 10.2 Å². The van der Waals surface area contributed by atoms with Crippen molar-refractivity contribution in [2.45, 2.75) is 33.2 Å². The summed E-state index contributed by atoms with van der Waals surface area (Å²) < 4.78 is 4.89. The first kappa shape index (κ1) is 19.4. The average molecular weight is 361 g/mol. The predicted octanol–water partition coefficient (Wildman–Crippen LogP) is 3.15. The monoisotopic (exact) mass is 361 g/mol. The van der Waals surface area contributed by atoms with Gasteiger partial charge in [-0.2, -0.15) is 0 Å². The number of non-ortho nitro benzene ring substituents is 1. The van der Waals surface area contributed by atoms with Crippen molar-refractivity contribution in [3.63, 3.8) is 0 Å². The maximum Gasteiger partial charge on any atom is 0.337 e. The van der Waals surface area contributed by atoms with Crippen LogP contribution in [0.2, 0.25) is 0 Å². The number of nitrogens with zero attached hydrogens (tertiary/aromatic N) is 2. The minimum atomic E-state index is -0.801. The Morgan fingerprint density at radius 1 is 1.42 bits per heavy atom. The number of rotatable bonds is 6. The second-order valence-electron chi connectivity index (χ2n) is 6.56. The van der Waals surface area contributed by atoms with Crippen LogP contribution in [0.1, 0.15) is 38.8 Å². The van der Waals surface area contributed by atoms with E-state index in [9.17, 15) is 19.7 Å². The minimum Gasteiger partial charge on any atom is -0.466 e. The molecule has 0 spiro atoms. The fourth-order valence-corrected chi connectivity index (χ4v) is 2.88. The third kappa shape index (κ3) is 4.01. The number of methoxy groups -OCH3 is 1. The van der Waals surface area contributed by atoms with Crippen molar-refractivity contribution in [1.29, 1.82) is 0 Å². The van der Waals surface area contributed by atoms with Crippen molar-refractivity contribution in [3.8, 4) is 0 Å². The Bertz CT molecular complexity index is 757. The molecule has 1 atom stereocenters. The molecule has 8 nitrogen and oxygen atoms in total. The molecule has 1 aliphatic heterocycles. The summed E-state index contributed by atoms with van der Waals surface area (Å²) in [5, 5.41) is 13.8. The summed E-state index contributed by atoms with van der Waals surface area (Å²) in [7, 11) is 1.27. The molecule has 0 radical (unpaired) electrons. The van der Waals surface area contributed by atoms with E-state index in [1.54, 1.807) is 13.0 Å². The summed E-state index contributed by atoms with van der Waals surface area (Å²) in [5.74, 6) is -0.180. The van der Waals surface area contributed by atoms with Crippen LogP contribution in [0, 0.1) is 16.0 Å². The summed E-state index contributed by atoms with van der Waals surface area (Å²) in [5.41, 5.74) is 1.12. The van der Waals surface area contributed by atoms with E-state index in [4.69, 9.17) is 4.74 Å². The molecule has 0 bridgehead atoms. The van der Waals surface area contributed by atoms with Gasteiger partial charge in [-0.15, -0.1) is 0 Å². The number of nitrogens with one attached hydrogen (secondary N) is 1. The van der Waals surface area contributed by atoms with Gasteiger partial charge in [0, 0.05) is 24.4 Å². The molecule has 1 aliphatic rings. The van der Waals surface area contributed by atoms with Gasteiger partial charge in [-0.25, -0.2) is 9.59 Å². The SMILES string of the molecule is COC(=O)C1=C(C)N(CCC(C)C)C(=O)N[C@H]1c1cccc([N+](=O)[O-])c1. The van der Waals surface area contributed by atoms with Crippen LogP contribution in [0.4, 0.5) is 10.5 Å². The standard InChI is InChI=1S/C18H23N3O5/c1-11(2)8-9-20-12(3)15(17(22)26-4)16(19-18(20)23)13-6-5-7-14(10-13)21(24)25/h5-7,10-11,16H,8-9H2,1-4H3,(H,19,23)/t16-/m0/s1. The molecular formula is C18H23N3O5. The number of nitro groups is 1. The van der Waals surface area contributed by atoms with Crippen molar-refractivity contribution in [2.24, 2.45) is 5.92 Å². The lowest BCUT2D eigenvalue weighted by molar-refractivity contribution is -0.384. The molecule has 2 rings (SSSR count). The third-order valence-electron chi connectivity index (χ3n) is 4.35. The molecule has 0 saturated heterocycles. The summed E-state index contributed by atoms with van der Waals surface area (Å²) >= 11 is 0. The lowest BCUT2D eigenvalue weighted by Gasteiger charge is -2.35. The van der Waals surface area contributed by atoms with Gasteiger partial charge in [0.05, 0.1) is 23.6 Å². The van der Waals surface area contributed by atoms with Crippen LogP contribution in [-0.2, 0) is 9.53 Å². The van der Waals surface area contributed by atoms with Crippen LogP contribution in [-0.4, -0.2) is 35.5 Å². The Balaban J connectivity index is 2.49. The summed E-state index contributed by atoms with van der Waals surface area (Å²) in [6, 6.07) is 4.73. The van der Waals surface area contributed by atoms with Crippen LogP contribution in [0.5, 0.6) is 0 Å². The highest BCUT2D eigenvalue weighted by Crippen LogP contribution is 2.32. The first-order chi connectivity index (χ1) is 12.3. The second kappa shape index (κ2) is 7.99. The van der Waals surface area contributed by atoms with Crippen molar-refractivity contribution >= 4 is 17.7 Å². The fraction of sp³-hybridized carbons (Fsp3) is 0.444. The van der Waals surface area contributed by atoms with E-state index in [2.05, 4.69) is 5.32 Å². The van der Waals surface area contributed by atoms with Gasteiger partial charge in [-0.05, 0) is 24.8 Å². The summed E-state index contributed by atoms with van der Waals surface area (Å²) in [6.07, 6.45) is 0.778. The lowest BCUT2D eigenvalue weighted by Crippen LogP contribution is -2.48. The molecular weight excluding hydrogens is 338 g/mol. The number of esters is 1. The molecule has 0 aromatic heterocycles. The number of ether oxygens (including phenoxy) is 1. The maximum atomic E-state index is 12.6. The molecule has 1 aromatic carbocycles. The molecule has 0 aliphatic carbocycles. The molecule has 26 heavy (non-hydrogen) atoms. The van der Waals surface area contributed by atoms with Crippen LogP contribution in [0.3, 0.4) is 0 Å². The van der Waals surface area contributed by atoms with Gasteiger partial charge in [0.15, 0.2) is 0 Å². The molecule has 2 amide bonds. The number of hydrogen-bond donors (Lipinski definition) is 1. The first-order valence-corrected chi connectivity index (χ1v) is 8.37. The number of nitro benzene ring substituents is 1. The van der Waals surface area contributed by atoms with Crippen molar-refractivity contribution < 1.29 is 19.2 Å². The maximum absolute atomic E-state index is 12.6. The highest BCUT2D eigenvalue weighted by molar-refractivity contribution is 5.95. The second-order valence-corrected chi connectivity index (χ2v) is 6.56. The van der Waals surface area contributed by atoms with Crippen LogP contribution in [0.15, 0.2) is 35.5 Å². The Morgan fingerprint density at radius 3 is 2.69 bits per heavy atom. The highest BCUT2D eigenvalue weighted by Gasteiger charge is 2.36. The molecule has 1 N–H and O–H groups in total.